The Labute approximate surface area is 117 Å². The van der Waals surface area contributed by atoms with Crippen LogP contribution in [0.3, 0.4) is 0 Å². The lowest BCUT2D eigenvalue weighted by Crippen LogP contribution is -2.26. The van der Waals surface area contributed by atoms with E-state index < -0.39 is 0 Å². The normalized spacial score (nSPS) is 14.7. The summed E-state index contributed by atoms with van der Waals surface area (Å²) in [6.07, 6.45) is 5.93. The molecule has 110 valence electrons. The third kappa shape index (κ3) is 12.8. The van der Waals surface area contributed by atoms with E-state index in [9.17, 15) is 0 Å². The highest BCUT2D eigenvalue weighted by atomic mass is 31.1. The minimum Gasteiger partial charge on any atom is -0.371 e. The van der Waals surface area contributed by atoms with Gasteiger partial charge in [-0.1, -0.05) is 50.1 Å². The summed E-state index contributed by atoms with van der Waals surface area (Å²) in [7, 11) is 0.948. The topological polar surface area (TPSA) is 9.23 Å². The molecule has 0 aromatic heterocycles. The highest BCUT2D eigenvalue weighted by Gasteiger charge is 2.22. The van der Waals surface area contributed by atoms with Crippen LogP contribution in [0.5, 0.6) is 0 Å². The average Bonchev–Trinajstić information content (AvgIpc) is 2.11. The van der Waals surface area contributed by atoms with Gasteiger partial charge in [0, 0.05) is 0 Å². The van der Waals surface area contributed by atoms with Crippen LogP contribution in [0.1, 0.15) is 74.7 Å². The van der Waals surface area contributed by atoms with Crippen LogP contribution in [0.25, 0.3) is 0 Å². The van der Waals surface area contributed by atoms with Crippen LogP contribution in [0, 0.1) is 10.8 Å². The zero-order valence-electron chi connectivity index (χ0n) is 13.9. The number of rotatable bonds is 7. The van der Waals surface area contributed by atoms with Gasteiger partial charge in [0.15, 0.2) is 0 Å². The van der Waals surface area contributed by atoms with Gasteiger partial charge in [-0.15, -0.1) is 0 Å². The van der Waals surface area contributed by atoms with Crippen LogP contribution in [0.4, 0.5) is 0 Å². The van der Waals surface area contributed by atoms with E-state index in [0.717, 1.165) is 21.3 Å². The summed E-state index contributed by atoms with van der Waals surface area (Å²) in [6.45, 7) is 18.3. The molecule has 0 radical (unpaired) electrons. The molecular formula is C16H35OP. The first-order chi connectivity index (χ1) is 7.91. The van der Waals surface area contributed by atoms with Crippen LogP contribution < -0.4 is 0 Å². The second kappa shape index (κ2) is 7.25. The minimum atomic E-state index is 0.0437. The molecule has 2 heteroatoms. The fourth-order valence-corrected chi connectivity index (χ4v) is 3.09. The Morgan fingerprint density at radius 3 is 1.67 bits per heavy atom. The summed E-state index contributed by atoms with van der Waals surface area (Å²) in [5.41, 5.74) is 0.923. The van der Waals surface area contributed by atoms with Gasteiger partial charge in [0.1, 0.15) is 0 Å². The molecule has 0 aromatic carbocycles. The molecule has 1 atom stereocenters. The Hall–Kier alpha value is 0.390. The SMILES string of the molecule is CC(C)(C)CCPCOC(C)(C)CCC(C)(C)C. The molecule has 0 saturated heterocycles. The fourth-order valence-electron chi connectivity index (χ4n) is 1.53. The van der Waals surface area contributed by atoms with Gasteiger partial charge in [0.2, 0.25) is 0 Å². The van der Waals surface area contributed by atoms with Crippen molar-refractivity contribution in [3.63, 3.8) is 0 Å². The van der Waals surface area contributed by atoms with E-state index in [1.54, 1.807) is 0 Å². The van der Waals surface area contributed by atoms with Crippen LogP contribution >= 0.6 is 8.58 Å². The second-order valence-electron chi connectivity index (χ2n) is 8.42. The lowest BCUT2D eigenvalue weighted by atomic mass is 9.86. The van der Waals surface area contributed by atoms with Crippen LogP contribution in [-0.2, 0) is 4.74 Å². The summed E-state index contributed by atoms with van der Waals surface area (Å²) in [4.78, 5) is 0. The molecule has 0 spiro atoms. The third-order valence-corrected chi connectivity index (χ3v) is 4.05. The monoisotopic (exact) mass is 274 g/mol. The van der Waals surface area contributed by atoms with Crippen molar-refractivity contribution < 1.29 is 4.74 Å². The van der Waals surface area contributed by atoms with E-state index in [1.165, 1.54) is 19.0 Å². The highest BCUT2D eigenvalue weighted by Crippen LogP contribution is 2.30. The zero-order valence-corrected chi connectivity index (χ0v) is 14.9. The highest BCUT2D eigenvalue weighted by molar-refractivity contribution is 7.37. The van der Waals surface area contributed by atoms with E-state index in [4.69, 9.17) is 4.74 Å². The van der Waals surface area contributed by atoms with Gasteiger partial charge in [-0.05, 0) is 50.1 Å². The van der Waals surface area contributed by atoms with Crippen molar-refractivity contribution in [1.82, 2.24) is 0 Å². The fraction of sp³-hybridized carbons (Fsp3) is 1.00. The maximum Gasteiger partial charge on any atom is 0.0638 e. The quantitative estimate of drug-likeness (QED) is 0.428. The lowest BCUT2D eigenvalue weighted by Gasteiger charge is -2.29. The van der Waals surface area contributed by atoms with Crippen molar-refractivity contribution in [2.24, 2.45) is 10.8 Å². The van der Waals surface area contributed by atoms with Crippen molar-refractivity contribution >= 4 is 8.58 Å². The predicted octanol–water partition coefficient (Wildman–Crippen LogP) is 5.68. The molecule has 0 aliphatic heterocycles. The largest absolute Gasteiger partial charge is 0.371 e. The second-order valence-corrected chi connectivity index (χ2v) is 9.71. The van der Waals surface area contributed by atoms with E-state index in [2.05, 4.69) is 55.4 Å². The van der Waals surface area contributed by atoms with Crippen molar-refractivity contribution in [3.05, 3.63) is 0 Å². The molecule has 0 bridgehead atoms. The molecule has 0 saturated carbocycles. The van der Waals surface area contributed by atoms with Crippen LogP contribution in [0.2, 0.25) is 0 Å². The van der Waals surface area contributed by atoms with Crippen molar-refractivity contribution in [2.75, 3.05) is 12.5 Å². The van der Waals surface area contributed by atoms with E-state index >= 15 is 0 Å². The minimum absolute atomic E-state index is 0.0437. The first-order valence-electron chi connectivity index (χ1n) is 7.26. The molecule has 1 unspecified atom stereocenters. The molecule has 1 nitrogen and oxygen atoms in total. The Balaban J connectivity index is 3.71. The van der Waals surface area contributed by atoms with E-state index in [-0.39, 0.29) is 5.60 Å². The summed E-state index contributed by atoms with van der Waals surface area (Å²) in [6, 6.07) is 0. The molecule has 0 aliphatic carbocycles. The van der Waals surface area contributed by atoms with Crippen LogP contribution in [-0.4, -0.2) is 18.1 Å². The summed E-state index contributed by atoms with van der Waals surface area (Å²) in [5.74, 6) is 0. The molecular weight excluding hydrogens is 239 g/mol. The summed E-state index contributed by atoms with van der Waals surface area (Å²) < 4.78 is 6.05. The summed E-state index contributed by atoms with van der Waals surface area (Å²) in [5, 5.41) is 0. The van der Waals surface area contributed by atoms with Gasteiger partial charge in [0.05, 0.1) is 11.9 Å². The Morgan fingerprint density at radius 2 is 1.22 bits per heavy atom. The smallest absolute Gasteiger partial charge is 0.0638 e. The van der Waals surface area contributed by atoms with Crippen molar-refractivity contribution in [2.45, 2.75) is 80.3 Å². The first-order valence-corrected chi connectivity index (χ1v) is 8.67. The molecule has 0 aliphatic rings. The van der Waals surface area contributed by atoms with Crippen LogP contribution in [0.15, 0.2) is 0 Å². The Kier molecular flexibility index (Phi) is 7.40. The van der Waals surface area contributed by atoms with Gasteiger partial charge in [-0.3, -0.25) is 0 Å². The predicted molar refractivity (Wildman–Crippen MR) is 86.0 cm³/mol. The van der Waals surface area contributed by atoms with Crippen molar-refractivity contribution in [1.29, 1.82) is 0 Å². The molecule has 0 aromatic rings. The number of ether oxygens (including phenoxy) is 1. The van der Waals surface area contributed by atoms with Gasteiger partial charge in [-0.2, -0.15) is 0 Å². The molecule has 18 heavy (non-hydrogen) atoms. The van der Waals surface area contributed by atoms with E-state index in [1.807, 2.05) is 0 Å². The van der Waals surface area contributed by atoms with E-state index in [0.29, 0.717) is 10.8 Å². The standard InChI is InChI=1S/C16H35OP/c1-14(2,3)9-10-16(7,8)17-13-18-12-11-15(4,5)6/h18H,9-13H2,1-8H3. The molecule has 0 rings (SSSR count). The Bertz CT molecular complexity index is 220. The lowest BCUT2D eigenvalue weighted by molar-refractivity contribution is -0.00361. The maximum atomic E-state index is 6.05. The number of hydrogen-bond donors (Lipinski definition) is 0. The summed E-state index contributed by atoms with van der Waals surface area (Å²) >= 11 is 0. The first kappa shape index (κ1) is 18.4. The van der Waals surface area contributed by atoms with Crippen molar-refractivity contribution in [3.8, 4) is 0 Å². The van der Waals surface area contributed by atoms with Gasteiger partial charge in [0.25, 0.3) is 0 Å². The average molecular weight is 274 g/mol. The number of hydrogen-bond acceptors (Lipinski definition) is 1. The molecule has 0 fully saturated rings. The Morgan fingerprint density at radius 1 is 0.722 bits per heavy atom. The molecule has 0 heterocycles. The third-order valence-electron chi connectivity index (χ3n) is 3.09. The molecule has 0 amide bonds. The van der Waals surface area contributed by atoms with Gasteiger partial charge < -0.3 is 4.74 Å². The van der Waals surface area contributed by atoms with Gasteiger partial charge >= 0.3 is 0 Å². The zero-order chi connectivity index (χ0) is 14.4. The van der Waals surface area contributed by atoms with Gasteiger partial charge in [-0.25, -0.2) is 0 Å². The maximum absolute atomic E-state index is 6.05. The molecule has 0 N–H and O–H groups in total.